The van der Waals surface area contributed by atoms with Crippen molar-refractivity contribution in [2.45, 2.75) is 19.4 Å². The van der Waals surface area contributed by atoms with Crippen molar-refractivity contribution in [2.24, 2.45) is 0 Å². The molecule has 0 aliphatic carbocycles. The van der Waals surface area contributed by atoms with Crippen LogP contribution in [0.15, 0.2) is 4.52 Å². The number of nitrogens with zero attached hydrogens (tertiary/aromatic N) is 2. The first-order chi connectivity index (χ1) is 4.50. The van der Waals surface area contributed by atoms with Gasteiger partial charge in [-0.15, -0.1) is 0 Å². The van der Waals surface area contributed by atoms with Crippen LogP contribution in [0.25, 0.3) is 0 Å². The molecule has 0 atom stereocenters. The lowest BCUT2D eigenvalue weighted by molar-refractivity contribution is 0.0420. The van der Waals surface area contributed by atoms with Gasteiger partial charge in [-0.05, 0) is 13.8 Å². The Bertz CT molecular complexity index is 228. The van der Waals surface area contributed by atoms with Crippen LogP contribution in [0.1, 0.15) is 19.7 Å². The zero-order valence-electron chi connectivity index (χ0n) is 5.63. The highest BCUT2D eigenvalue weighted by molar-refractivity contribution is 14.1. The van der Waals surface area contributed by atoms with Crippen molar-refractivity contribution in [1.82, 2.24) is 10.1 Å². The van der Waals surface area contributed by atoms with Gasteiger partial charge in [0.05, 0.1) is 0 Å². The SMILES string of the molecule is CC(C)(O)c1nc(I)no1. The molecule has 0 spiro atoms. The molecule has 10 heavy (non-hydrogen) atoms. The fraction of sp³-hybridized carbons (Fsp3) is 0.600. The van der Waals surface area contributed by atoms with E-state index in [1.807, 2.05) is 22.6 Å². The molecule has 1 heterocycles. The summed E-state index contributed by atoms with van der Waals surface area (Å²) in [6.45, 7) is 3.19. The molecule has 0 bridgehead atoms. The van der Waals surface area contributed by atoms with Gasteiger partial charge in [0.15, 0.2) is 0 Å². The molecule has 4 nitrogen and oxygen atoms in total. The van der Waals surface area contributed by atoms with Crippen LogP contribution in [0.4, 0.5) is 0 Å². The Labute approximate surface area is 71.8 Å². The minimum Gasteiger partial charge on any atom is -0.381 e. The lowest BCUT2D eigenvalue weighted by Crippen LogP contribution is -2.15. The lowest BCUT2D eigenvalue weighted by atomic mass is 10.1. The number of rotatable bonds is 1. The largest absolute Gasteiger partial charge is 0.381 e. The first kappa shape index (κ1) is 7.93. The van der Waals surface area contributed by atoms with Crippen LogP contribution in [0.5, 0.6) is 0 Å². The van der Waals surface area contributed by atoms with E-state index in [9.17, 15) is 5.11 Å². The molecule has 5 heteroatoms. The fourth-order valence-corrected chi connectivity index (χ4v) is 0.772. The Morgan fingerprint density at radius 1 is 1.60 bits per heavy atom. The highest BCUT2D eigenvalue weighted by Gasteiger charge is 2.23. The van der Waals surface area contributed by atoms with Gasteiger partial charge in [0.1, 0.15) is 5.60 Å². The maximum atomic E-state index is 9.30. The minimum absolute atomic E-state index is 0.247. The van der Waals surface area contributed by atoms with Crippen LogP contribution in [-0.4, -0.2) is 15.2 Å². The molecular formula is C5H7IN2O2. The van der Waals surface area contributed by atoms with Gasteiger partial charge in [-0.2, -0.15) is 4.98 Å². The van der Waals surface area contributed by atoms with Gasteiger partial charge in [-0.25, -0.2) is 0 Å². The first-order valence-corrected chi connectivity index (χ1v) is 3.80. The molecule has 1 rings (SSSR count). The highest BCUT2D eigenvalue weighted by Crippen LogP contribution is 2.16. The van der Waals surface area contributed by atoms with Gasteiger partial charge in [-0.1, -0.05) is 5.16 Å². The minimum atomic E-state index is -1.03. The number of aliphatic hydroxyl groups is 1. The lowest BCUT2D eigenvalue weighted by Gasteiger charge is -2.08. The van der Waals surface area contributed by atoms with E-state index in [1.165, 1.54) is 0 Å². The van der Waals surface area contributed by atoms with Crippen molar-refractivity contribution in [1.29, 1.82) is 0 Å². The topological polar surface area (TPSA) is 59.2 Å². The predicted molar refractivity (Wildman–Crippen MR) is 42.3 cm³/mol. The molecule has 0 unspecified atom stereocenters. The monoisotopic (exact) mass is 254 g/mol. The summed E-state index contributed by atoms with van der Waals surface area (Å²) in [5.41, 5.74) is -1.03. The second kappa shape index (κ2) is 2.46. The fourth-order valence-electron chi connectivity index (χ4n) is 0.454. The standard InChI is InChI=1S/C5H7IN2O2/c1-5(2,9)3-7-4(6)8-10-3/h9H,1-2H3. The van der Waals surface area contributed by atoms with Crippen molar-refractivity contribution in [3.63, 3.8) is 0 Å². The summed E-state index contributed by atoms with van der Waals surface area (Å²) in [7, 11) is 0. The third-order valence-corrected chi connectivity index (χ3v) is 1.36. The molecule has 1 N–H and O–H groups in total. The van der Waals surface area contributed by atoms with E-state index in [0.29, 0.717) is 3.83 Å². The van der Waals surface area contributed by atoms with Gasteiger partial charge in [0.2, 0.25) is 3.83 Å². The average Bonchev–Trinajstić information content (AvgIpc) is 2.11. The van der Waals surface area contributed by atoms with Crippen molar-refractivity contribution >= 4 is 22.6 Å². The Balaban J connectivity index is 2.96. The van der Waals surface area contributed by atoms with Gasteiger partial charge in [-0.3, -0.25) is 0 Å². The van der Waals surface area contributed by atoms with E-state index in [0.717, 1.165) is 0 Å². The summed E-state index contributed by atoms with van der Waals surface area (Å²) >= 11 is 1.91. The van der Waals surface area contributed by atoms with Crippen LogP contribution in [0.3, 0.4) is 0 Å². The van der Waals surface area contributed by atoms with E-state index in [1.54, 1.807) is 13.8 Å². The van der Waals surface area contributed by atoms with E-state index >= 15 is 0 Å². The zero-order chi connectivity index (χ0) is 7.78. The van der Waals surface area contributed by atoms with E-state index < -0.39 is 5.60 Å². The van der Waals surface area contributed by atoms with Crippen LogP contribution < -0.4 is 0 Å². The second-order valence-corrected chi connectivity index (χ2v) is 3.39. The third-order valence-electron chi connectivity index (χ3n) is 0.925. The molecule has 0 aliphatic rings. The molecule has 0 aromatic carbocycles. The van der Waals surface area contributed by atoms with E-state index in [4.69, 9.17) is 4.52 Å². The molecule has 0 fully saturated rings. The molecule has 0 aliphatic heterocycles. The van der Waals surface area contributed by atoms with Gasteiger partial charge in [0.25, 0.3) is 5.89 Å². The summed E-state index contributed by atoms with van der Waals surface area (Å²) in [5.74, 6) is 0.247. The molecule has 1 aromatic rings. The number of halogens is 1. The van der Waals surface area contributed by atoms with Gasteiger partial charge < -0.3 is 9.63 Å². The Hall–Kier alpha value is -0.170. The van der Waals surface area contributed by atoms with Crippen LogP contribution in [0.2, 0.25) is 0 Å². The normalized spacial score (nSPS) is 12.0. The van der Waals surface area contributed by atoms with Gasteiger partial charge in [0, 0.05) is 22.6 Å². The van der Waals surface area contributed by atoms with E-state index in [-0.39, 0.29) is 5.89 Å². The molecular weight excluding hydrogens is 247 g/mol. The van der Waals surface area contributed by atoms with Gasteiger partial charge >= 0.3 is 0 Å². The van der Waals surface area contributed by atoms with E-state index in [2.05, 4.69) is 10.1 Å². The van der Waals surface area contributed by atoms with Crippen molar-refractivity contribution < 1.29 is 9.63 Å². The van der Waals surface area contributed by atoms with Crippen LogP contribution in [-0.2, 0) is 5.60 Å². The zero-order valence-corrected chi connectivity index (χ0v) is 7.79. The summed E-state index contributed by atoms with van der Waals surface area (Å²) in [6.07, 6.45) is 0. The van der Waals surface area contributed by atoms with Crippen molar-refractivity contribution in [3.05, 3.63) is 9.72 Å². The molecule has 1 aromatic heterocycles. The Kier molecular flexibility index (Phi) is 1.95. The highest BCUT2D eigenvalue weighted by atomic mass is 127. The number of hydrogen-bond donors (Lipinski definition) is 1. The quantitative estimate of drug-likeness (QED) is 0.756. The Morgan fingerprint density at radius 3 is 2.40 bits per heavy atom. The summed E-state index contributed by atoms with van der Waals surface area (Å²) in [5, 5.41) is 12.8. The Morgan fingerprint density at radius 2 is 2.20 bits per heavy atom. The molecule has 0 saturated heterocycles. The summed E-state index contributed by atoms with van der Waals surface area (Å²) < 4.78 is 5.22. The van der Waals surface area contributed by atoms with Crippen LogP contribution >= 0.6 is 22.6 Å². The van der Waals surface area contributed by atoms with Crippen molar-refractivity contribution in [2.75, 3.05) is 0 Å². The number of hydrogen-bond acceptors (Lipinski definition) is 4. The maximum absolute atomic E-state index is 9.30. The van der Waals surface area contributed by atoms with Crippen molar-refractivity contribution in [3.8, 4) is 0 Å². The maximum Gasteiger partial charge on any atom is 0.258 e. The summed E-state index contributed by atoms with van der Waals surface area (Å²) in [6, 6.07) is 0. The molecule has 0 saturated carbocycles. The predicted octanol–water partition coefficient (Wildman–Crippen LogP) is 0.902. The summed E-state index contributed by atoms with van der Waals surface area (Å²) in [4.78, 5) is 3.84. The third kappa shape index (κ3) is 1.66. The molecule has 0 radical (unpaired) electrons. The average molecular weight is 254 g/mol. The molecule has 0 amide bonds. The van der Waals surface area contributed by atoms with Crippen LogP contribution in [0, 0.1) is 3.83 Å². The smallest absolute Gasteiger partial charge is 0.258 e. The number of aromatic nitrogens is 2. The molecule has 56 valence electrons. The first-order valence-electron chi connectivity index (χ1n) is 2.72. The second-order valence-electron chi connectivity index (χ2n) is 2.43.